The predicted molar refractivity (Wildman–Crippen MR) is 43.6 cm³/mol. The Labute approximate surface area is 53.1 Å². The van der Waals surface area contributed by atoms with Crippen molar-refractivity contribution >= 4 is 41.9 Å². The first-order chi connectivity index (χ1) is 2.71. The van der Waals surface area contributed by atoms with Crippen molar-refractivity contribution in [2.45, 2.75) is 0 Å². The van der Waals surface area contributed by atoms with Gasteiger partial charge in [0, 0.05) is 0 Å². The van der Waals surface area contributed by atoms with E-state index in [1.54, 1.807) is 0 Å². The summed E-state index contributed by atoms with van der Waals surface area (Å²) in [6.45, 7) is 0. The first-order valence-corrected chi connectivity index (χ1v) is 7.88. The molecule has 0 aromatic heterocycles. The van der Waals surface area contributed by atoms with Crippen LogP contribution in [0.15, 0.2) is 0 Å². The molecule has 0 bridgehead atoms. The Morgan fingerprint density at radius 1 is 1.33 bits per heavy atom. The molecule has 0 atom stereocenters. The molecule has 1 aliphatic heterocycles. The van der Waals surface area contributed by atoms with Crippen molar-refractivity contribution < 1.29 is 0 Å². The van der Waals surface area contributed by atoms with Crippen LogP contribution in [0.2, 0.25) is 0 Å². The Kier molecular flexibility index (Phi) is 1.66. The Bertz CT molecular complexity index is 55.8. The third-order valence-corrected chi connectivity index (χ3v) is 10.6. The standard InChI is InChI=1S/C2H7PS3/c4-3(5)1-6-2-3/h3-5H,1-2H2. The monoisotopic (exact) mass is 158 g/mol. The van der Waals surface area contributed by atoms with Gasteiger partial charge in [0.05, 0.1) is 0 Å². The van der Waals surface area contributed by atoms with Crippen LogP contribution in [0.1, 0.15) is 0 Å². The molecule has 0 aromatic rings. The molecule has 0 radical (unpaired) electrons. The minimum absolute atomic E-state index is 1.10. The fraction of sp³-hybridized carbons (Fsp3) is 1.00. The molecule has 1 rings (SSSR count). The van der Waals surface area contributed by atoms with Gasteiger partial charge >= 0.3 is 52.9 Å². The Morgan fingerprint density at radius 3 is 1.67 bits per heavy atom. The van der Waals surface area contributed by atoms with Gasteiger partial charge in [-0.1, -0.05) is 0 Å². The van der Waals surface area contributed by atoms with Crippen LogP contribution in [-0.4, -0.2) is 11.0 Å². The molecule has 0 aliphatic carbocycles. The van der Waals surface area contributed by atoms with Crippen molar-refractivity contribution in [3.05, 3.63) is 0 Å². The van der Waals surface area contributed by atoms with Gasteiger partial charge in [0.15, 0.2) is 0 Å². The molecule has 4 heteroatoms. The number of hydrogen-bond acceptors (Lipinski definition) is 3. The fourth-order valence-corrected chi connectivity index (χ4v) is 5.85. The third-order valence-electron chi connectivity index (χ3n) is 0.666. The molecule has 0 saturated carbocycles. The van der Waals surface area contributed by atoms with Crippen LogP contribution >= 0.6 is 41.9 Å². The molecule has 38 valence electrons. The summed E-state index contributed by atoms with van der Waals surface area (Å²) >= 11 is 10.6. The molecule has 1 fully saturated rings. The summed E-state index contributed by atoms with van der Waals surface area (Å²) in [5.41, 5.74) is 1.37. The molecular formula is C2H7PS3. The molecule has 6 heavy (non-hydrogen) atoms. The van der Waals surface area contributed by atoms with Crippen molar-refractivity contribution in [1.82, 2.24) is 0 Å². The van der Waals surface area contributed by atoms with Gasteiger partial charge in [-0.3, -0.25) is 0 Å². The minimum atomic E-state index is -1.10. The van der Waals surface area contributed by atoms with E-state index in [2.05, 4.69) is 24.5 Å². The SMILES string of the molecule is S[PH]1(S)CSC1. The topological polar surface area (TPSA) is 0 Å². The van der Waals surface area contributed by atoms with Gasteiger partial charge in [-0.25, -0.2) is 0 Å². The normalized spacial score (nSPS) is 34.3. The van der Waals surface area contributed by atoms with Crippen molar-refractivity contribution in [2.24, 2.45) is 0 Å². The number of thioether (sulfide) groups is 1. The Morgan fingerprint density at radius 2 is 1.67 bits per heavy atom. The maximum atomic E-state index is 4.32. The molecule has 1 heterocycles. The van der Waals surface area contributed by atoms with Crippen molar-refractivity contribution in [2.75, 3.05) is 11.0 Å². The van der Waals surface area contributed by atoms with Gasteiger partial charge in [-0.15, -0.1) is 0 Å². The summed E-state index contributed by atoms with van der Waals surface area (Å²) in [5, 5.41) is 0. The zero-order valence-corrected chi connectivity index (χ0v) is 6.82. The third kappa shape index (κ3) is 1.22. The molecule has 0 N–H and O–H groups in total. The van der Waals surface area contributed by atoms with Crippen LogP contribution < -0.4 is 0 Å². The summed E-state index contributed by atoms with van der Waals surface area (Å²) in [6.07, 6.45) is 0. The van der Waals surface area contributed by atoms with E-state index in [1.165, 1.54) is 11.0 Å². The molecule has 1 saturated heterocycles. The second kappa shape index (κ2) is 1.77. The zero-order valence-electron chi connectivity index (χ0n) is 3.22. The summed E-state index contributed by atoms with van der Waals surface area (Å²) < 4.78 is 0. The van der Waals surface area contributed by atoms with E-state index >= 15 is 0 Å². The average molecular weight is 158 g/mol. The van der Waals surface area contributed by atoms with Crippen LogP contribution in [-0.2, 0) is 0 Å². The van der Waals surface area contributed by atoms with Gasteiger partial charge in [0.1, 0.15) is 0 Å². The van der Waals surface area contributed by atoms with Gasteiger partial charge < -0.3 is 0 Å². The molecule has 1 aliphatic rings. The second-order valence-corrected chi connectivity index (χ2v) is 12.4. The summed E-state index contributed by atoms with van der Waals surface area (Å²) in [5.74, 6) is 0. The summed E-state index contributed by atoms with van der Waals surface area (Å²) in [6, 6.07) is 0. The van der Waals surface area contributed by atoms with E-state index in [4.69, 9.17) is 0 Å². The van der Waals surface area contributed by atoms with Crippen molar-refractivity contribution in [3.8, 4) is 0 Å². The van der Waals surface area contributed by atoms with Crippen molar-refractivity contribution in [1.29, 1.82) is 0 Å². The quantitative estimate of drug-likeness (QED) is 0.402. The van der Waals surface area contributed by atoms with Crippen LogP contribution in [0.4, 0.5) is 0 Å². The number of thiol groups is 2. The van der Waals surface area contributed by atoms with E-state index in [9.17, 15) is 0 Å². The number of hydrogen-bond donors (Lipinski definition) is 2. The average Bonchev–Trinajstić information content (AvgIpc) is 1.32. The van der Waals surface area contributed by atoms with Crippen LogP contribution in [0.5, 0.6) is 0 Å². The van der Waals surface area contributed by atoms with Gasteiger partial charge in [0.2, 0.25) is 0 Å². The first kappa shape index (κ1) is 5.61. The number of rotatable bonds is 0. The zero-order chi connectivity index (χ0) is 4.62. The summed E-state index contributed by atoms with van der Waals surface area (Å²) in [4.78, 5) is 0. The molecule has 0 amide bonds. The van der Waals surface area contributed by atoms with E-state index < -0.39 is 5.67 Å². The molecule has 0 unspecified atom stereocenters. The first-order valence-electron chi connectivity index (χ1n) is 1.73. The van der Waals surface area contributed by atoms with Gasteiger partial charge in [0.25, 0.3) is 0 Å². The van der Waals surface area contributed by atoms with Crippen molar-refractivity contribution in [3.63, 3.8) is 0 Å². The van der Waals surface area contributed by atoms with Gasteiger partial charge in [-0.2, -0.15) is 0 Å². The van der Waals surface area contributed by atoms with Gasteiger partial charge in [-0.05, 0) is 0 Å². The Balaban J connectivity index is 2.31. The Hall–Kier alpha value is 1.48. The van der Waals surface area contributed by atoms with Crippen LogP contribution in [0.3, 0.4) is 0 Å². The van der Waals surface area contributed by atoms with E-state index in [0.29, 0.717) is 0 Å². The molecule has 0 nitrogen and oxygen atoms in total. The summed E-state index contributed by atoms with van der Waals surface area (Å²) in [7, 11) is 0. The molecule has 0 spiro atoms. The predicted octanol–water partition coefficient (Wildman–Crippen LogP) is 2.09. The van der Waals surface area contributed by atoms with E-state index in [-0.39, 0.29) is 0 Å². The second-order valence-electron chi connectivity index (χ2n) is 1.48. The fourth-order valence-electron chi connectivity index (χ4n) is 0.285. The van der Waals surface area contributed by atoms with Crippen LogP contribution in [0.25, 0.3) is 0 Å². The van der Waals surface area contributed by atoms with E-state index in [0.717, 1.165) is 0 Å². The van der Waals surface area contributed by atoms with E-state index in [1.807, 2.05) is 11.8 Å². The maximum absolute atomic E-state index is 4.32. The van der Waals surface area contributed by atoms with Crippen LogP contribution in [0, 0.1) is 0 Å². The molecule has 0 aromatic carbocycles. The molecular weight excluding hydrogens is 151 g/mol.